The van der Waals surface area contributed by atoms with Crippen LogP contribution in [0.4, 0.5) is 5.82 Å². The van der Waals surface area contributed by atoms with Gasteiger partial charge in [-0.2, -0.15) is 9.61 Å². The monoisotopic (exact) mass is 814 g/mol. The number of nitrogens with zero attached hydrogens (tertiary/aromatic N) is 4. The molecule has 2 unspecified atom stereocenters. The fourth-order valence-electron chi connectivity index (χ4n) is 8.07. The van der Waals surface area contributed by atoms with Crippen LogP contribution in [0, 0.1) is 6.92 Å². The van der Waals surface area contributed by atoms with E-state index in [0.717, 1.165) is 32.1 Å². The summed E-state index contributed by atoms with van der Waals surface area (Å²) in [6.45, 7) is 24.8. The van der Waals surface area contributed by atoms with E-state index in [2.05, 4.69) is 105 Å². The Morgan fingerprint density at radius 1 is 0.879 bits per heavy atom. The van der Waals surface area contributed by atoms with Crippen LogP contribution in [0.5, 0.6) is 0 Å². The number of esters is 2. The van der Waals surface area contributed by atoms with Gasteiger partial charge in [0.15, 0.2) is 17.4 Å². The van der Waals surface area contributed by atoms with Crippen molar-refractivity contribution in [2.75, 3.05) is 37.8 Å². The molecule has 4 aromatic rings. The molecule has 3 heterocycles. The number of carbonyl (C=O) groups is 2. The van der Waals surface area contributed by atoms with Gasteiger partial charge in [0, 0.05) is 37.6 Å². The van der Waals surface area contributed by atoms with Crippen LogP contribution in [0.3, 0.4) is 0 Å². The SMILES string of the molecule is CCOC(=O)c1cc2nc(C)c(C(OC(C)(C)C)C(=O)OCC)c(N3CCC(C)(OCCCCC(C)O[Si](c4ccccc4)(c4ccccc4)C(C)(C)C)CC3)n2n1. The molecule has 2 aromatic carbocycles. The Balaban J connectivity index is 1.29. The molecule has 0 amide bonds. The van der Waals surface area contributed by atoms with Gasteiger partial charge in [0.2, 0.25) is 0 Å². The first kappa shape index (κ1) is 45.0. The summed E-state index contributed by atoms with van der Waals surface area (Å²) in [5.74, 6) is -0.385. The second-order valence-electron chi connectivity index (χ2n) is 17.7. The van der Waals surface area contributed by atoms with Gasteiger partial charge in [-0.25, -0.2) is 14.6 Å². The first-order valence-electron chi connectivity index (χ1n) is 21.0. The maximum atomic E-state index is 13.6. The summed E-state index contributed by atoms with van der Waals surface area (Å²) in [5, 5.41) is 7.19. The number of ether oxygens (including phenoxy) is 4. The number of benzene rings is 2. The van der Waals surface area contributed by atoms with Crippen LogP contribution >= 0.6 is 0 Å². The number of aromatic nitrogens is 3. The molecule has 0 aliphatic carbocycles. The molecule has 5 rings (SSSR count). The third kappa shape index (κ3) is 10.4. The molecule has 0 saturated carbocycles. The lowest BCUT2D eigenvalue weighted by atomic mass is 9.92. The highest BCUT2D eigenvalue weighted by Crippen LogP contribution is 2.40. The second kappa shape index (κ2) is 18.9. The zero-order chi connectivity index (χ0) is 42.3. The molecule has 0 radical (unpaired) electrons. The quantitative estimate of drug-likeness (QED) is 0.0588. The van der Waals surface area contributed by atoms with Crippen LogP contribution in [0.15, 0.2) is 66.7 Å². The summed E-state index contributed by atoms with van der Waals surface area (Å²) in [6.07, 6.45) is 3.37. The van der Waals surface area contributed by atoms with Crippen LogP contribution in [-0.4, -0.2) is 85.1 Å². The van der Waals surface area contributed by atoms with E-state index in [9.17, 15) is 9.59 Å². The minimum atomic E-state index is -2.62. The fraction of sp³-hybridized carbons (Fsp3) is 0.565. The highest BCUT2D eigenvalue weighted by Gasteiger charge is 2.51. The zero-order valence-corrected chi connectivity index (χ0v) is 37.7. The predicted molar refractivity (Wildman–Crippen MR) is 232 cm³/mol. The number of anilines is 1. The molecule has 12 heteroatoms. The molecule has 58 heavy (non-hydrogen) atoms. The minimum absolute atomic E-state index is 0.0715. The van der Waals surface area contributed by atoms with Gasteiger partial charge in [-0.1, -0.05) is 81.4 Å². The Morgan fingerprint density at radius 2 is 1.47 bits per heavy atom. The van der Waals surface area contributed by atoms with E-state index in [-0.39, 0.29) is 35.7 Å². The van der Waals surface area contributed by atoms with Crippen molar-refractivity contribution < 1.29 is 33.0 Å². The molecular formula is C46H66N4O7Si. The van der Waals surface area contributed by atoms with E-state index in [4.69, 9.17) is 28.4 Å². The third-order valence-corrected chi connectivity index (χ3v) is 16.1. The van der Waals surface area contributed by atoms with Crippen LogP contribution in [0.2, 0.25) is 5.04 Å². The smallest absolute Gasteiger partial charge is 0.358 e. The number of carbonyl (C=O) groups excluding carboxylic acids is 2. The fourth-order valence-corrected chi connectivity index (χ4v) is 12.8. The number of hydrogen-bond acceptors (Lipinski definition) is 10. The molecule has 1 aliphatic heterocycles. The van der Waals surface area contributed by atoms with Gasteiger partial charge in [0.1, 0.15) is 5.82 Å². The lowest BCUT2D eigenvalue weighted by Gasteiger charge is -2.44. The van der Waals surface area contributed by atoms with Gasteiger partial charge in [0.25, 0.3) is 8.32 Å². The Labute approximate surface area is 346 Å². The molecule has 1 aliphatic rings. The van der Waals surface area contributed by atoms with Gasteiger partial charge in [-0.05, 0) is 103 Å². The molecular weight excluding hydrogens is 749 g/mol. The van der Waals surface area contributed by atoms with Gasteiger partial charge in [-0.15, -0.1) is 0 Å². The van der Waals surface area contributed by atoms with E-state index in [1.165, 1.54) is 10.4 Å². The van der Waals surface area contributed by atoms with Crippen molar-refractivity contribution in [2.45, 2.75) is 137 Å². The number of unbranched alkanes of at least 4 members (excludes halogenated alkanes) is 1. The lowest BCUT2D eigenvalue weighted by molar-refractivity contribution is -0.166. The van der Waals surface area contributed by atoms with E-state index >= 15 is 0 Å². The molecule has 0 spiro atoms. The number of aryl methyl sites for hydroxylation is 1. The van der Waals surface area contributed by atoms with Crippen molar-refractivity contribution in [1.82, 2.24) is 14.6 Å². The molecule has 0 N–H and O–H groups in total. The van der Waals surface area contributed by atoms with Crippen LogP contribution in [0.1, 0.15) is 129 Å². The van der Waals surface area contributed by atoms with Gasteiger partial charge < -0.3 is 28.3 Å². The number of rotatable bonds is 17. The highest BCUT2D eigenvalue weighted by molar-refractivity contribution is 6.99. The molecule has 316 valence electrons. The van der Waals surface area contributed by atoms with Crippen molar-refractivity contribution in [3.8, 4) is 0 Å². The van der Waals surface area contributed by atoms with E-state index in [1.807, 2.05) is 27.7 Å². The third-order valence-electron chi connectivity index (χ3n) is 10.9. The normalized spacial score (nSPS) is 15.9. The summed E-state index contributed by atoms with van der Waals surface area (Å²) in [7, 11) is -2.62. The van der Waals surface area contributed by atoms with E-state index in [0.29, 0.717) is 42.4 Å². The van der Waals surface area contributed by atoms with E-state index < -0.39 is 32.0 Å². The standard InChI is InChI=1S/C46H66N4O7Si/c1-12-53-42(51)37-32-38-47-34(4)39(40(43(52)54-13-2)56-44(5,6)7)41(50(38)48-37)49-29-27-46(11,28-30-49)55-31-21-20-22-33(3)57-58(45(8,9)10,35-23-16-14-17-24-35)36-25-18-15-19-26-36/h14-19,23-26,32-33,40H,12-13,20-22,27-31H2,1-11H3. The first-order chi connectivity index (χ1) is 27.4. The van der Waals surface area contributed by atoms with Gasteiger partial charge in [-0.3, -0.25) is 0 Å². The average Bonchev–Trinajstić information content (AvgIpc) is 3.60. The Bertz CT molecular complexity index is 1930. The summed E-state index contributed by atoms with van der Waals surface area (Å²) in [6, 6.07) is 23.2. The highest BCUT2D eigenvalue weighted by atomic mass is 28.4. The number of hydrogen-bond donors (Lipinski definition) is 0. The second-order valence-corrected chi connectivity index (χ2v) is 21.9. The van der Waals surface area contributed by atoms with Crippen LogP contribution < -0.4 is 15.3 Å². The Morgan fingerprint density at radius 3 is 2.00 bits per heavy atom. The summed E-state index contributed by atoms with van der Waals surface area (Å²) in [5.41, 5.74) is 0.785. The molecule has 1 fully saturated rings. The van der Waals surface area contributed by atoms with Crippen LogP contribution in [-0.2, 0) is 28.2 Å². The molecule has 1 saturated heterocycles. The van der Waals surface area contributed by atoms with Crippen molar-refractivity contribution in [2.24, 2.45) is 0 Å². The van der Waals surface area contributed by atoms with Crippen molar-refractivity contribution in [3.05, 3.63) is 83.7 Å². The molecule has 2 aromatic heterocycles. The lowest BCUT2D eigenvalue weighted by Crippen LogP contribution is -2.67. The molecule has 2 atom stereocenters. The number of piperidine rings is 1. The average molecular weight is 815 g/mol. The Kier molecular flexibility index (Phi) is 14.6. The topological polar surface area (TPSA) is 114 Å². The molecule has 11 nitrogen and oxygen atoms in total. The van der Waals surface area contributed by atoms with Gasteiger partial charge >= 0.3 is 11.9 Å². The van der Waals surface area contributed by atoms with Gasteiger partial charge in [0.05, 0.1) is 30.0 Å². The minimum Gasteiger partial charge on any atom is -0.464 e. The molecule has 0 bridgehead atoms. The Hall–Kier alpha value is -4.10. The number of fused-ring (bicyclic) bond motifs is 1. The van der Waals surface area contributed by atoms with Crippen molar-refractivity contribution >= 4 is 42.1 Å². The maximum absolute atomic E-state index is 13.6. The van der Waals surface area contributed by atoms with Crippen molar-refractivity contribution in [3.63, 3.8) is 0 Å². The largest absolute Gasteiger partial charge is 0.464 e. The summed E-state index contributed by atoms with van der Waals surface area (Å²) in [4.78, 5) is 33.4. The van der Waals surface area contributed by atoms with E-state index in [1.54, 1.807) is 24.4 Å². The predicted octanol–water partition coefficient (Wildman–Crippen LogP) is 8.14. The maximum Gasteiger partial charge on any atom is 0.358 e. The first-order valence-corrected chi connectivity index (χ1v) is 22.9. The summed E-state index contributed by atoms with van der Waals surface area (Å²) < 4.78 is 32.8. The van der Waals surface area contributed by atoms with Crippen molar-refractivity contribution in [1.29, 1.82) is 0 Å². The summed E-state index contributed by atoms with van der Waals surface area (Å²) >= 11 is 0. The van der Waals surface area contributed by atoms with Crippen LogP contribution in [0.25, 0.3) is 5.65 Å². The zero-order valence-electron chi connectivity index (χ0n) is 36.7.